The number of aromatic nitrogens is 2. The third-order valence-corrected chi connectivity index (χ3v) is 4.99. The topological polar surface area (TPSA) is 84.0 Å². The Kier molecular flexibility index (Phi) is 6.74. The summed E-state index contributed by atoms with van der Waals surface area (Å²) in [5.74, 6) is 0.478. The van der Waals surface area contributed by atoms with Crippen molar-refractivity contribution in [3.63, 3.8) is 0 Å². The van der Waals surface area contributed by atoms with Crippen LogP contribution in [0.5, 0.6) is 0 Å². The zero-order chi connectivity index (χ0) is 17.5. The van der Waals surface area contributed by atoms with E-state index >= 15 is 0 Å². The normalized spacial score (nSPS) is 10.7. The molecule has 2 rings (SSSR count). The van der Waals surface area contributed by atoms with E-state index in [2.05, 4.69) is 34.7 Å². The van der Waals surface area contributed by atoms with E-state index in [-0.39, 0.29) is 17.4 Å². The summed E-state index contributed by atoms with van der Waals surface area (Å²) < 4.78 is 0.733. The summed E-state index contributed by atoms with van der Waals surface area (Å²) >= 11 is 2.75. The Morgan fingerprint density at radius 1 is 1.25 bits per heavy atom. The van der Waals surface area contributed by atoms with Gasteiger partial charge >= 0.3 is 0 Å². The van der Waals surface area contributed by atoms with Gasteiger partial charge in [0.15, 0.2) is 10.1 Å². The van der Waals surface area contributed by atoms with Crippen molar-refractivity contribution in [3.05, 3.63) is 29.8 Å². The number of para-hydroxylation sites is 1. The third kappa shape index (κ3) is 5.61. The molecule has 2 N–H and O–H groups in total. The van der Waals surface area contributed by atoms with Gasteiger partial charge in [-0.15, -0.1) is 10.2 Å². The van der Waals surface area contributed by atoms with Crippen LogP contribution in [0, 0.1) is 5.92 Å². The number of hydrogen-bond donors (Lipinski definition) is 2. The van der Waals surface area contributed by atoms with Crippen LogP contribution in [0.3, 0.4) is 0 Å². The van der Waals surface area contributed by atoms with Crippen LogP contribution in [-0.4, -0.2) is 34.2 Å². The van der Waals surface area contributed by atoms with Gasteiger partial charge in [-0.2, -0.15) is 0 Å². The third-order valence-electron chi connectivity index (χ3n) is 2.98. The Hall–Kier alpha value is -1.93. The molecule has 0 aliphatic carbocycles. The molecular formula is C16H20N4O2S2. The maximum Gasteiger partial charge on any atom is 0.234 e. The number of hydrogen-bond acceptors (Lipinski definition) is 7. The van der Waals surface area contributed by atoms with E-state index in [1.54, 1.807) is 24.3 Å². The van der Waals surface area contributed by atoms with E-state index < -0.39 is 0 Å². The Bertz CT molecular complexity index is 716. The van der Waals surface area contributed by atoms with Crippen LogP contribution < -0.4 is 10.6 Å². The summed E-state index contributed by atoms with van der Waals surface area (Å²) in [7, 11) is 0. The molecule has 8 heteroatoms. The van der Waals surface area contributed by atoms with Crippen molar-refractivity contribution >= 4 is 45.6 Å². The summed E-state index contributed by atoms with van der Waals surface area (Å²) in [6.07, 6.45) is 0. The van der Waals surface area contributed by atoms with Crippen molar-refractivity contribution < 1.29 is 9.59 Å². The van der Waals surface area contributed by atoms with Gasteiger partial charge in [0.1, 0.15) is 0 Å². The highest BCUT2D eigenvalue weighted by Crippen LogP contribution is 2.26. The fourth-order valence-corrected chi connectivity index (χ4v) is 3.40. The Labute approximate surface area is 149 Å². The summed E-state index contributed by atoms with van der Waals surface area (Å²) in [4.78, 5) is 23.6. The van der Waals surface area contributed by atoms with E-state index in [0.29, 0.717) is 17.2 Å². The van der Waals surface area contributed by atoms with Crippen LogP contribution in [0.2, 0.25) is 0 Å². The molecule has 0 radical (unpaired) electrons. The number of thioether (sulfide) groups is 1. The number of rotatable bonds is 8. The monoisotopic (exact) mass is 364 g/mol. The number of Topliss-reactive ketones (excluding diaryl/α,β-unsaturated/α-hetero) is 1. The SMILES string of the molecule is CC(=O)c1ccccc1NC(=O)CSc1nnc(NCC(C)C)s1. The highest BCUT2D eigenvalue weighted by molar-refractivity contribution is 8.01. The average molecular weight is 364 g/mol. The van der Waals surface area contributed by atoms with Crippen LogP contribution in [0.25, 0.3) is 0 Å². The first-order valence-corrected chi connectivity index (χ1v) is 9.36. The van der Waals surface area contributed by atoms with Gasteiger partial charge in [0, 0.05) is 12.1 Å². The number of nitrogens with one attached hydrogen (secondary N) is 2. The minimum absolute atomic E-state index is 0.0801. The number of amides is 1. The first-order valence-electron chi connectivity index (χ1n) is 7.55. The van der Waals surface area contributed by atoms with E-state index in [0.717, 1.165) is 16.0 Å². The molecule has 1 amide bonds. The zero-order valence-electron chi connectivity index (χ0n) is 13.8. The van der Waals surface area contributed by atoms with E-state index in [4.69, 9.17) is 0 Å². The molecule has 0 aliphatic rings. The number of benzene rings is 1. The lowest BCUT2D eigenvalue weighted by molar-refractivity contribution is -0.113. The molecule has 0 fully saturated rings. The highest BCUT2D eigenvalue weighted by Gasteiger charge is 2.11. The summed E-state index contributed by atoms with van der Waals surface area (Å²) in [5.41, 5.74) is 1.04. The molecule has 0 aliphatic heterocycles. The molecular weight excluding hydrogens is 344 g/mol. The second-order valence-corrected chi connectivity index (χ2v) is 7.79. The predicted octanol–water partition coefficient (Wildman–Crippen LogP) is 3.54. The summed E-state index contributed by atoms with van der Waals surface area (Å²) in [6.45, 7) is 6.55. The second kappa shape index (κ2) is 8.79. The van der Waals surface area contributed by atoms with Crippen LogP contribution in [-0.2, 0) is 4.79 Å². The Balaban J connectivity index is 1.87. The molecule has 1 heterocycles. The Morgan fingerprint density at radius 3 is 2.71 bits per heavy atom. The smallest absolute Gasteiger partial charge is 0.234 e. The second-order valence-electron chi connectivity index (χ2n) is 5.59. The van der Waals surface area contributed by atoms with Gasteiger partial charge in [0.2, 0.25) is 11.0 Å². The molecule has 24 heavy (non-hydrogen) atoms. The maximum atomic E-state index is 12.1. The fourth-order valence-electron chi connectivity index (χ4n) is 1.84. The first kappa shape index (κ1) is 18.4. The molecule has 2 aromatic rings. The molecule has 0 saturated carbocycles. The standard InChI is InChI=1S/C16H20N4O2S2/c1-10(2)8-17-15-19-20-16(24-15)23-9-14(22)18-13-7-5-4-6-12(13)11(3)21/h4-7,10H,8-9H2,1-3H3,(H,17,19)(H,18,22). The number of carbonyl (C=O) groups excluding carboxylic acids is 2. The van der Waals surface area contributed by atoms with E-state index in [1.807, 2.05) is 0 Å². The molecule has 6 nitrogen and oxygen atoms in total. The lowest BCUT2D eigenvalue weighted by Gasteiger charge is -2.08. The van der Waals surface area contributed by atoms with Gasteiger partial charge < -0.3 is 10.6 Å². The quantitative estimate of drug-likeness (QED) is 0.550. The van der Waals surface area contributed by atoms with E-state index in [9.17, 15) is 9.59 Å². The first-order chi connectivity index (χ1) is 11.5. The van der Waals surface area contributed by atoms with Crippen molar-refractivity contribution in [2.24, 2.45) is 5.92 Å². The van der Waals surface area contributed by atoms with E-state index in [1.165, 1.54) is 30.0 Å². The highest BCUT2D eigenvalue weighted by atomic mass is 32.2. The van der Waals surface area contributed by atoms with Crippen LogP contribution in [0.4, 0.5) is 10.8 Å². The van der Waals surface area contributed by atoms with Crippen molar-refractivity contribution in [3.8, 4) is 0 Å². The molecule has 1 aromatic heterocycles. The molecule has 0 bridgehead atoms. The molecule has 0 spiro atoms. The molecule has 0 atom stereocenters. The zero-order valence-corrected chi connectivity index (χ0v) is 15.5. The summed E-state index contributed by atoms with van der Waals surface area (Å²) in [5, 5.41) is 14.8. The predicted molar refractivity (Wildman–Crippen MR) is 99.0 cm³/mol. The van der Waals surface area contributed by atoms with Crippen molar-refractivity contribution in [1.82, 2.24) is 10.2 Å². The van der Waals surface area contributed by atoms with Crippen LogP contribution in [0.15, 0.2) is 28.6 Å². The largest absolute Gasteiger partial charge is 0.360 e. The van der Waals surface area contributed by atoms with Gasteiger partial charge in [0.05, 0.1) is 11.4 Å². The molecule has 0 unspecified atom stereocenters. The lowest BCUT2D eigenvalue weighted by atomic mass is 10.1. The minimum atomic E-state index is -0.180. The maximum absolute atomic E-state index is 12.1. The molecule has 1 aromatic carbocycles. The minimum Gasteiger partial charge on any atom is -0.360 e. The van der Waals surface area contributed by atoms with Gasteiger partial charge in [-0.05, 0) is 25.0 Å². The number of nitrogens with zero attached hydrogens (tertiary/aromatic N) is 2. The van der Waals surface area contributed by atoms with Crippen molar-refractivity contribution in [2.75, 3.05) is 22.9 Å². The van der Waals surface area contributed by atoms with Gasteiger partial charge in [-0.3, -0.25) is 9.59 Å². The Morgan fingerprint density at radius 2 is 2.00 bits per heavy atom. The van der Waals surface area contributed by atoms with Gasteiger partial charge in [-0.1, -0.05) is 49.1 Å². The number of carbonyl (C=O) groups is 2. The lowest BCUT2D eigenvalue weighted by Crippen LogP contribution is -2.16. The number of anilines is 2. The van der Waals surface area contributed by atoms with Crippen molar-refractivity contribution in [2.45, 2.75) is 25.1 Å². The molecule has 0 saturated heterocycles. The van der Waals surface area contributed by atoms with Gasteiger partial charge in [-0.25, -0.2) is 0 Å². The number of ketones is 1. The van der Waals surface area contributed by atoms with Crippen LogP contribution in [0.1, 0.15) is 31.1 Å². The van der Waals surface area contributed by atoms with Crippen molar-refractivity contribution in [1.29, 1.82) is 0 Å². The van der Waals surface area contributed by atoms with Gasteiger partial charge in [0.25, 0.3) is 0 Å². The fraction of sp³-hybridized carbons (Fsp3) is 0.375. The summed E-state index contributed by atoms with van der Waals surface area (Å²) in [6, 6.07) is 6.97. The van der Waals surface area contributed by atoms with Crippen LogP contribution >= 0.6 is 23.1 Å². The average Bonchev–Trinajstić information content (AvgIpc) is 2.99. The molecule has 128 valence electrons.